The number of rotatable bonds is 6. The first-order valence-corrected chi connectivity index (χ1v) is 5.41. The second-order valence-corrected chi connectivity index (χ2v) is 3.58. The molecule has 0 aliphatic heterocycles. The number of nitrogens with two attached hydrogens (primary N) is 1. The number of terminal acetylenes is 1. The van der Waals surface area contributed by atoms with Crippen LogP contribution in [0.3, 0.4) is 0 Å². The number of benzene rings is 1. The molecule has 0 bridgehead atoms. The van der Waals surface area contributed by atoms with E-state index in [2.05, 4.69) is 11.3 Å². The van der Waals surface area contributed by atoms with Crippen LogP contribution in [0.15, 0.2) is 12.1 Å². The molecule has 5 heteroatoms. The molecule has 0 saturated carbocycles. The summed E-state index contributed by atoms with van der Waals surface area (Å²) in [7, 11) is 4.71. The van der Waals surface area contributed by atoms with Crippen molar-refractivity contribution in [2.24, 2.45) is 5.84 Å². The third kappa shape index (κ3) is 2.86. The summed E-state index contributed by atoms with van der Waals surface area (Å²) in [5.41, 5.74) is 3.49. The molecule has 1 rings (SSSR count). The van der Waals surface area contributed by atoms with Crippen LogP contribution in [0, 0.1) is 12.3 Å². The van der Waals surface area contributed by atoms with Crippen LogP contribution in [-0.4, -0.2) is 21.3 Å². The van der Waals surface area contributed by atoms with Gasteiger partial charge in [-0.25, -0.2) is 0 Å². The van der Waals surface area contributed by atoms with E-state index in [9.17, 15) is 0 Å². The van der Waals surface area contributed by atoms with Crippen molar-refractivity contribution in [1.29, 1.82) is 0 Å². The standard InChI is InChI=1S/C13H18N2O3/c1-5-6-10(15-14)9-7-12(17-3)13(18-4)8-11(9)16-2/h1,7-8,10,15H,6,14H2,2-4H3. The van der Waals surface area contributed by atoms with Crippen LogP contribution >= 0.6 is 0 Å². The first kappa shape index (κ1) is 14.2. The number of hydrogen-bond donors (Lipinski definition) is 2. The van der Waals surface area contributed by atoms with Crippen molar-refractivity contribution in [3.05, 3.63) is 17.7 Å². The Bertz CT molecular complexity index is 441. The third-order valence-corrected chi connectivity index (χ3v) is 2.63. The van der Waals surface area contributed by atoms with Gasteiger partial charge in [0.1, 0.15) is 5.75 Å². The summed E-state index contributed by atoms with van der Waals surface area (Å²) in [4.78, 5) is 0. The van der Waals surface area contributed by atoms with E-state index in [4.69, 9.17) is 26.5 Å². The van der Waals surface area contributed by atoms with Crippen molar-refractivity contribution >= 4 is 0 Å². The topological polar surface area (TPSA) is 65.7 Å². The lowest BCUT2D eigenvalue weighted by atomic mass is 10.0. The summed E-state index contributed by atoms with van der Waals surface area (Å²) in [6, 6.07) is 3.35. The van der Waals surface area contributed by atoms with Gasteiger partial charge in [0.2, 0.25) is 0 Å². The Morgan fingerprint density at radius 2 is 1.72 bits per heavy atom. The molecule has 1 unspecified atom stereocenters. The number of ether oxygens (including phenoxy) is 3. The van der Waals surface area contributed by atoms with Crippen molar-refractivity contribution in [3.63, 3.8) is 0 Å². The SMILES string of the molecule is C#CCC(NN)c1cc(OC)c(OC)cc1OC. The van der Waals surface area contributed by atoms with Gasteiger partial charge in [-0.15, -0.1) is 12.3 Å². The van der Waals surface area contributed by atoms with Crippen molar-refractivity contribution in [2.45, 2.75) is 12.5 Å². The smallest absolute Gasteiger partial charge is 0.164 e. The predicted molar refractivity (Wildman–Crippen MR) is 69.6 cm³/mol. The van der Waals surface area contributed by atoms with Crippen LogP contribution in [0.1, 0.15) is 18.0 Å². The Morgan fingerprint density at radius 3 is 2.17 bits per heavy atom. The summed E-state index contributed by atoms with van der Waals surface area (Å²) < 4.78 is 15.8. The number of hydrazine groups is 1. The molecule has 0 aromatic heterocycles. The molecule has 0 fully saturated rings. The largest absolute Gasteiger partial charge is 0.496 e. The highest BCUT2D eigenvalue weighted by Crippen LogP contribution is 2.37. The van der Waals surface area contributed by atoms with Gasteiger partial charge in [0.15, 0.2) is 11.5 Å². The molecule has 18 heavy (non-hydrogen) atoms. The fourth-order valence-electron chi connectivity index (χ4n) is 1.70. The van der Waals surface area contributed by atoms with Crippen LogP contribution in [0.5, 0.6) is 17.2 Å². The second-order valence-electron chi connectivity index (χ2n) is 3.58. The Hall–Kier alpha value is -1.90. The van der Waals surface area contributed by atoms with Gasteiger partial charge in [-0.2, -0.15) is 0 Å². The van der Waals surface area contributed by atoms with Crippen molar-refractivity contribution < 1.29 is 14.2 Å². The molecule has 0 radical (unpaired) electrons. The summed E-state index contributed by atoms with van der Waals surface area (Å²) >= 11 is 0. The van der Waals surface area contributed by atoms with E-state index in [0.29, 0.717) is 23.7 Å². The molecule has 98 valence electrons. The summed E-state index contributed by atoms with van der Waals surface area (Å²) in [6.07, 6.45) is 5.76. The number of methoxy groups -OCH3 is 3. The Morgan fingerprint density at radius 1 is 1.17 bits per heavy atom. The normalized spacial score (nSPS) is 11.5. The highest BCUT2D eigenvalue weighted by molar-refractivity contribution is 5.52. The maximum absolute atomic E-state index is 5.50. The second kappa shape index (κ2) is 6.74. The fourth-order valence-corrected chi connectivity index (χ4v) is 1.70. The van der Waals surface area contributed by atoms with E-state index in [0.717, 1.165) is 5.56 Å². The summed E-state index contributed by atoms with van der Waals surface area (Å²) in [5, 5.41) is 0. The minimum atomic E-state index is -0.204. The zero-order chi connectivity index (χ0) is 13.5. The van der Waals surface area contributed by atoms with E-state index in [-0.39, 0.29) is 6.04 Å². The lowest BCUT2D eigenvalue weighted by molar-refractivity contribution is 0.345. The predicted octanol–water partition coefficient (Wildman–Crippen LogP) is 1.24. The summed E-state index contributed by atoms with van der Waals surface area (Å²) in [6.45, 7) is 0. The molecule has 0 spiro atoms. The van der Waals surface area contributed by atoms with Gasteiger partial charge in [0.25, 0.3) is 0 Å². The van der Waals surface area contributed by atoms with Crippen molar-refractivity contribution in [3.8, 4) is 29.6 Å². The quantitative estimate of drug-likeness (QED) is 0.452. The van der Waals surface area contributed by atoms with E-state index in [1.807, 2.05) is 0 Å². The molecule has 0 heterocycles. The molecular formula is C13H18N2O3. The number of hydrogen-bond acceptors (Lipinski definition) is 5. The molecule has 0 aliphatic rings. The lowest BCUT2D eigenvalue weighted by Crippen LogP contribution is -2.28. The first-order valence-electron chi connectivity index (χ1n) is 5.41. The summed E-state index contributed by atoms with van der Waals surface area (Å²) in [5.74, 6) is 9.91. The van der Waals surface area contributed by atoms with E-state index < -0.39 is 0 Å². The molecule has 0 saturated heterocycles. The molecule has 3 N–H and O–H groups in total. The van der Waals surface area contributed by atoms with Crippen molar-refractivity contribution in [1.82, 2.24) is 5.43 Å². The van der Waals surface area contributed by atoms with Crippen LogP contribution in [0.4, 0.5) is 0 Å². The van der Waals surface area contributed by atoms with Gasteiger partial charge in [-0.05, 0) is 6.07 Å². The minimum Gasteiger partial charge on any atom is -0.496 e. The third-order valence-electron chi connectivity index (χ3n) is 2.63. The van der Waals surface area contributed by atoms with E-state index in [1.54, 1.807) is 33.5 Å². The Labute approximate surface area is 107 Å². The van der Waals surface area contributed by atoms with Gasteiger partial charge in [-0.3, -0.25) is 11.3 Å². The molecule has 1 aromatic carbocycles. The molecule has 1 atom stereocenters. The molecule has 0 amide bonds. The number of nitrogens with one attached hydrogen (secondary N) is 1. The van der Waals surface area contributed by atoms with Gasteiger partial charge >= 0.3 is 0 Å². The molecule has 1 aromatic rings. The van der Waals surface area contributed by atoms with E-state index >= 15 is 0 Å². The van der Waals surface area contributed by atoms with E-state index in [1.165, 1.54) is 0 Å². The fraction of sp³-hybridized carbons (Fsp3) is 0.385. The average molecular weight is 250 g/mol. The van der Waals surface area contributed by atoms with Crippen LogP contribution in [0.2, 0.25) is 0 Å². The monoisotopic (exact) mass is 250 g/mol. The van der Waals surface area contributed by atoms with Gasteiger partial charge in [0.05, 0.1) is 27.4 Å². The highest BCUT2D eigenvalue weighted by atomic mass is 16.5. The molecule has 5 nitrogen and oxygen atoms in total. The minimum absolute atomic E-state index is 0.204. The maximum Gasteiger partial charge on any atom is 0.164 e. The zero-order valence-electron chi connectivity index (χ0n) is 10.8. The van der Waals surface area contributed by atoms with Crippen molar-refractivity contribution in [2.75, 3.05) is 21.3 Å². The van der Waals surface area contributed by atoms with Crippen LogP contribution in [-0.2, 0) is 0 Å². The molecular weight excluding hydrogens is 232 g/mol. The van der Waals surface area contributed by atoms with Crippen LogP contribution in [0.25, 0.3) is 0 Å². The molecule has 0 aliphatic carbocycles. The first-order chi connectivity index (χ1) is 8.71. The zero-order valence-corrected chi connectivity index (χ0v) is 10.8. The average Bonchev–Trinajstić information content (AvgIpc) is 2.43. The lowest BCUT2D eigenvalue weighted by Gasteiger charge is -2.19. The highest BCUT2D eigenvalue weighted by Gasteiger charge is 2.18. The maximum atomic E-state index is 5.50. The van der Waals surface area contributed by atoms with Gasteiger partial charge in [-0.1, -0.05) is 0 Å². The van der Waals surface area contributed by atoms with Crippen LogP contribution < -0.4 is 25.5 Å². The Balaban J connectivity index is 3.28. The van der Waals surface area contributed by atoms with Gasteiger partial charge < -0.3 is 14.2 Å². The van der Waals surface area contributed by atoms with Gasteiger partial charge in [0, 0.05) is 18.1 Å². The Kier molecular flexibility index (Phi) is 5.31.